The Hall–Kier alpha value is -3.15. The summed E-state index contributed by atoms with van der Waals surface area (Å²) >= 11 is 0. The van der Waals surface area contributed by atoms with Crippen LogP contribution in [0.4, 0.5) is 0 Å². The summed E-state index contributed by atoms with van der Waals surface area (Å²) in [7, 11) is 0. The van der Waals surface area contributed by atoms with Crippen LogP contribution in [0.2, 0.25) is 0 Å². The van der Waals surface area contributed by atoms with Crippen molar-refractivity contribution < 1.29 is 28.9 Å². The molecule has 0 N–H and O–H groups in total. The molecule has 0 bridgehead atoms. The Bertz CT molecular complexity index is 586. The predicted octanol–water partition coefficient (Wildman–Crippen LogP) is 3.18. The predicted molar refractivity (Wildman–Crippen MR) is 86.0 cm³/mol. The van der Waals surface area contributed by atoms with E-state index in [1.54, 1.807) is 74.5 Å². The highest BCUT2D eigenvalue weighted by Gasteiger charge is 2.12. The lowest BCUT2D eigenvalue weighted by atomic mass is 10.2. The molecule has 6 nitrogen and oxygen atoms in total. The van der Waals surface area contributed by atoms with Gasteiger partial charge in [0, 0.05) is 0 Å². The molecule has 0 saturated carbocycles. The summed E-state index contributed by atoms with van der Waals surface area (Å²) in [4.78, 5) is 41.3. The largest absolute Gasteiger partial charge is 0.465 e. The lowest BCUT2D eigenvalue weighted by Crippen LogP contribution is -2.11. The molecule has 0 unspecified atom stereocenters. The third kappa shape index (κ3) is 7.22. The Morgan fingerprint density at radius 1 is 0.792 bits per heavy atom. The molecule has 24 heavy (non-hydrogen) atoms. The number of carbonyl (C=O) groups is 3. The van der Waals surface area contributed by atoms with Crippen LogP contribution in [0, 0.1) is 0 Å². The van der Waals surface area contributed by atoms with Gasteiger partial charge in [-0.25, -0.2) is 19.4 Å². The van der Waals surface area contributed by atoms with E-state index < -0.39 is 11.9 Å². The van der Waals surface area contributed by atoms with Gasteiger partial charge in [0.15, 0.2) is 0 Å². The average Bonchev–Trinajstić information content (AvgIpc) is 2.61. The highest BCUT2D eigenvalue weighted by atomic mass is 17.2. The SMILES string of the molecule is CC(C)OC=O.O=C(OOC(=O)c1ccccc1)c1ccccc1. The third-order valence-corrected chi connectivity index (χ3v) is 2.54. The van der Waals surface area contributed by atoms with Gasteiger partial charge in [0.1, 0.15) is 0 Å². The monoisotopic (exact) mass is 330 g/mol. The Kier molecular flexibility index (Phi) is 8.31. The molecule has 2 aromatic rings. The molecule has 0 aliphatic rings. The summed E-state index contributed by atoms with van der Waals surface area (Å²) in [6.45, 7) is 4.05. The van der Waals surface area contributed by atoms with Crippen LogP contribution in [0.5, 0.6) is 0 Å². The summed E-state index contributed by atoms with van der Waals surface area (Å²) in [6.07, 6.45) is 0.0301. The summed E-state index contributed by atoms with van der Waals surface area (Å²) in [5.74, 6) is -1.42. The molecule has 0 heterocycles. The quantitative estimate of drug-likeness (QED) is 0.487. The van der Waals surface area contributed by atoms with E-state index in [1.807, 2.05) is 0 Å². The molecule has 0 fully saturated rings. The van der Waals surface area contributed by atoms with Crippen molar-refractivity contribution in [3.05, 3.63) is 71.8 Å². The van der Waals surface area contributed by atoms with Crippen molar-refractivity contribution in [2.24, 2.45) is 0 Å². The highest BCUT2D eigenvalue weighted by molar-refractivity contribution is 5.92. The van der Waals surface area contributed by atoms with Crippen LogP contribution < -0.4 is 0 Å². The van der Waals surface area contributed by atoms with E-state index in [2.05, 4.69) is 14.5 Å². The molecule has 0 atom stereocenters. The lowest BCUT2D eigenvalue weighted by molar-refractivity contribution is -0.187. The maximum atomic E-state index is 11.5. The number of ether oxygens (including phenoxy) is 1. The van der Waals surface area contributed by atoms with Crippen LogP contribution in [0.15, 0.2) is 60.7 Å². The van der Waals surface area contributed by atoms with E-state index in [0.29, 0.717) is 17.6 Å². The van der Waals surface area contributed by atoms with Gasteiger partial charge in [-0.05, 0) is 38.1 Å². The maximum absolute atomic E-state index is 11.5. The van der Waals surface area contributed by atoms with E-state index in [4.69, 9.17) is 0 Å². The first-order valence-corrected chi connectivity index (χ1v) is 7.17. The van der Waals surface area contributed by atoms with Crippen molar-refractivity contribution >= 4 is 18.4 Å². The Labute approximate surface area is 139 Å². The van der Waals surface area contributed by atoms with E-state index in [0.717, 1.165) is 0 Å². The maximum Gasteiger partial charge on any atom is 0.386 e. The molecule has 0 saturated heterocycles. The van der Waals surface area contributed by atoms with Gasteiger partial charge < -0.3 is 4.74 Å². The smallest absolute Gasteiger partial charge is 0.386 e. The van der Waals surface area contributed by atoms with Gasteiger partial charge in [-0.3, -0.25) is 4.79 Å². The molecule has 2 rings (SSSR count). The molecule has 0 amide bonds. The van der Waals surface area contributed by atoms with E-state index >= 15 is 0 Å². The second-order valence-corrected chi connectivity index (χ2v) is 4.75. The Morgan fingerprint density at radius 2 is 1.17 bits per heavy atom. The molecule has 6 heteroatoms. The zero-order valence-electron chi connectivity index (χ0n) is 13.4. The van der Waals surface area contributed by atoms with Crippen LogP contribution in [-0.4, -0.2) is 24.5 Å². The zero-order valence-corrected chi connectivity index (χ0v) is 13.4. The normalized spacial score (nSPS) is 9.29. The topological polar surface area (TPSA) is 78.9 Å². The first kappa shape index (κ1) is 18.9. The third-order valence-electron chi connectivity index (χ3n) is 2.54. The van der Waals surface area contributed by atoms with E-state index in [-0.39, 0.29) is 6.10 Å². The van der Waals surface area contributed by atoms with E-state index in [1.165, 1.54) is 0 Å². The van der Waals surface area contributed by atoms with E-state index in [9.17, 15) is 14.4 Å². The van der Waals surface area contributed by atoms with Gasteiger partial charge in [0.2, 0.25) is 0 Å². The van der Waals surface area contributed by atoms with Crippen LogP contribution in [0.1, 0.15) is 34.6 Å². The summed E-state index contributed by atoms with van der Waals surface area (Å²) < 4.78 is 4.36. The van der Waals surface area contributed by atoms with Crippen molar-refractivity contribution in [2.45, 2.75) is 20.0 Å². The summed E-state index contributed by atoms with van der Waals surface area (Å²) in [5, 5.41) is 0. The van der Waals surface area contributed by atoms with Crippen LogP contribution in [0.25, 0.3) is 0 Å². The molecule has 0 radical (unpaired) electrons. The zero-order chi connectivity index (χ0) is 17.8. The fourth-order valence-electron chi connectivity index (χ4n) is 1.43. The van der Waals surface area contributed by atoms with Crippen molar-refractivity contribution in [1.29, 1.82) is 0 Å². The standard InChI is InChI=1S/C14H10O4.C4H8O2/c15-13(11-7-3-1-4-8-11)17-18-14(16)12-9-5-2-6-10-12;1-4(2)6-3-5/h1-10H;3-4H,1-2H3. The molecule has 2 aromatic carbocycles. The van der Waals surface area contributed by atoms with Gasteiger partial charge in [-0.2, -0.15) is 0 Å². The minimum absolute atomic E-state index is 0.0301. The van der Waals surface area contributed by atoms with Crippen molar-refractivity contribution in [1.82, 2.24) is 0 Å². The second kappa shape index (κ2) is 10.6. The minimum atomic E-state index is -0.708. The van der Waals surface area contributed by atoms with Crippen LogP contribution in [-0.2, 0) is 19.3 Å². The molecule has 0 spiro atoms. The number of benzene rings is 2. The molecular formula is C18H18O6. The summed E-state index contributed by atoms with van der Waals surface area (Å²) in [5.41, 5.74) is 0.636. The molecule has 0 aliphatic heterocycles. The number of carbonyl (C=O) groups excluding carboxylic acids is 3. The number of hydrogen-bond acceptors (Lipinski definition) is 6. The Balaban J connectivity index is 0.000000413. The number of rotatable bonds is 4. The first-order valence-electron chi connectivity index (χ1n) is 7.17. The summed E-state index contributed by atoms with van der Waals surface area (Å²) in [6, 6.07) is 16.6. The second-order valence-electron chi connectivity index (χ2n) is 4.75. The van der Waals surface area contributed by atoms with Crippen LogP contribution in [0.3, 0.4) is 0 Å². The number of hydrogen-bond donors (Lipinski definition) is 0. The van der Waals surface area contributed by atoms with Gasteiger partial charge >= 0.3 is 11.9 Å². The fraction of sp³-hybridized carbons (Fsp3) is 0.167. The van der Waals surface area contributed by atoms with Crippen molar-refractivity contribution in [3.8, 4) is 0 Å². The average molecular weight is 330 g/mol. The lowest BCUT2D eigenvalue weighted by Gasteiger charge is -2.02. The molecule has 0 aromatic heterocycles. The molecule has 0 aliphatic carbocycles. The van der Waals surface area contributed by atoms with Crippen LogP contribution >= 0.6 is 0 Å². The highest BCUT2D eigenvalue weighted by Crippen LogP contribution is 2.05. The van der Waals surface area contributed by atoms with Crippen molar-refractivity contribution in [2.75, 3.05) is 0 Å². The van der Waals surface area contributed by atoms with Gasteiger partial charge in [0.05, 0.1) is 17.2 Å². The molecule has 126 valence electrons. The van der Waals surface area contributed by atoms with Gasteiger partial charge in [0.25, 0.3) is 6.47 Å². The van der Waals surface area contributed by atoms with Gasteiger partial charge in [-0.15, -0.1) is 0 Å². The van der Waals surface area contributed by atoms with Crippen molar-refractivity contribution in [3.63, 3.8) is 0 Å². The molecular weight excluding hydrogens is 312 g/mol. The first-order chi connectivity index (χ1) is 11.5. The Morgan fingerprint density at radius 3 is 1.42 bits per heavy atom. The van der Waals surface area contributed by atoms with Gasteiger partial charge in [-0.1, -0.05) is 36.4 Å². The fourth-order valence-corrected chi connectivity index (χ4v) is 1.43. The minimum Gasteiger partial charge on any atom is -0.465 e.